The van der Waals surface area contributed by atoms with Gasteiger partial charge in [-0.25, -0.2) is 4.98 Å². The fourth-order valence-corrected chi connectivity index (χ4v) is 2.77. The van der Waals surface area contributed by atoms with Gasteiger partial charge < -0.3 is 14.8 Å². The number of rotatable bonds is 8. The van der Waals surface area contributed by atoms with Gasteiger partial charge in [-0.2, -0.15) is 0 Å². The minimum atomic E-state index is 0.618. The number of aromatic nitrogens is 1. The molecule has 0 saturated carbocycles. The molecule has 1 N–H and O–H groups in total. The molecule has 4 nitrogen and oxygen atoms in total. The summed E-state index contributed by atoms with van der Waals surface area (Å²) in [7, 11) is 0. The SMILES string of the molecule is CCNCc1csc(-c2ccc(OCC)c(OCC)c2)n1. The first kappa shape index (κ1) is 15.8. The minimum Gasteiger partial charge on any atom is -0.490 e. The van der Waals surface area contributed by atoms with Gasteiger partial charge in [0.15, 0.2) is 11.5 Å². The topological polar surface area (TPSA) is 43.4 Å². The van der Waals surface area contributed by atoms with Crippen LogP contribution in [0.4, 0.5) is 0 Å². The third-order valence-electron chi connectivity index (χ3n) is 2.90. The van der Waals surface area contributed by atoms with Gasteiger partial charge >= 0.3 is 0 Å². The molecule has 0 atom stereocenters. The van der Waals surface area contributed by atoms with E-state index in [0.717, 1.165) is 40.9 Å². The number of hydrogen-bond acceptors (Lipinski definition) is 5. The molecule has 0 fully saturated rings. The number of nitrogens with one attached hydrogen (secondary N) is 1. The Morgan fingerprint density at radius 1 is 1.10 bits per heavy atom. The van der Waals surface area contributed by atoms with Crippen molar-refractivity contribution < 1.29 is 9.47 Å². The Morgan fingerprint density at radius 3 is 2.57 bits per heavy atom. The van der Waals surface area contributed by atoms with Crippen molar-refractivity contribution >= 4 is 11.3 Å². The molecule has 2 rings (SSSR count). The Morgan fingerprint density at radius 2 is 1.86 bits per heavy atom. The molecule has 0 aliphatic heterocycles. The van der Waals surface area contributed by atoms with E-state index in [-0.39, 0.29) is 0 Å². The van der Waals surface area contributed by atoms with Gasteiger partial charge in [0.2, 0.25) is 0 Å². The average Bonchev–Trinajstić information content (AvgIpc) is 2.96. The van der Waals surface area contributed by atoms with Crippen LogP contribution < -0.4 is 14.8 Å². The number of nitrogens with zero attached hydrogens (tertiary/aromatic N) is 1. The van der Waals surface area contributed by atoms with E-state index < -0.39 is 0 Å². The molecule has 0 radical (unpaired) electrons. The highest BCUT2D eigenvalue weighted by atomic mass is 32.1. The second-order valence-corrected chi connectivity index (χ2v) is 5.31. The van der Waals surface area contributed by atoms with Gasteiger partial charge in [0.05, 0.1) is 18.9 Å². The van der Waals surface area contributed by atoms with Crippen molar-refractivity contribution in [2.75, 3.05) is 19.8 Å². The summed E-state index contributed by atoms with van der Waals surface area (Å²) in [6.07, 6.45) is 0. The predicted octanol–water partition coefficient (Wildman–Crippen LogP) is 3.72. The molecular weight excluding hydrogens is 284 g/mol. The van der Waals surface area contributed by atoms with Crippen LogP contribution in [0.5, 0.6) is 11.5 Å². The Kier molecular flexibility index (Phi) is 6.02. The second-order valence-electron chi connectivity index (χ2n) is 4.45. The first-order valence-electron chi connectivity index (χ1n) is 7.33. The summed E-state index contributed by atoms with van der Waals surface area (Å²) in [5, 5.41) is 6.38. The monoisotopic (exact) mass is 306 g/mol. The number of benzene rings is 1. The van der Waals surface area contributed by atoms with Gasteiger partial charge in [0.25, 0.3) is 0 Å². The van der Waals surface area contributed by atoms with Gasteiger partial charge in [0.1, 0.15) is 5.01 Å². The molecule has 2 aromatic rings. The van der Waals surface area contributed by atoms with E-state index >= 15 is 0 Å². The van der Waals surface area contributed by atoms with Gasteiger partial charge in [0, 0.05) is 17.5 Å². The highest BCUT2D eigenvalue weighted by Crippen LogP contribution is 2.34. The smallest absolute Gasteiger partial charge is 0.161 e. The van der Waals surface area contributed by atoms with Crippen molar-refractivity contribution in [3.63, 3.8) is 0 Å². The van der Waals surface area contributed by atoms with Crippen LogP contribution in [0.25, 0.3) is 10.6 Å². The Bertz CT molecular complexity index is 569. The first-order chi connectivity index (χ1) is 10.3. The van der Waals surface area contributed by atoms with Crippen LogP contribution in [0.15, 0.2) is 23.6 Å². The van der Waals surface area contributed by atoms with Crippen LogP contribution in [-0.4, -0.2) is 24.7 Å². The van der Waals surface area contributed by atoms with Crippen molar-refractivity contribution in [2.45, 2.75) is 27.3 Å². The largest absolute Gasteiger partial charge is 0.490 e. The predicted molar refractivity (Wildman–Crippen MR) is 87.3 cm³/mol. The maximum atomic E-state index is 5.66. The molecule has 0 aliphatic carbocycles. The normalized spacial score (nSPS) is 10.6. The van der Waals surface area contributed by atoms with Crippen molar-refractivity contribution in [1.82, 2.24) is 10.3 Å². The lowest BCUT2D eigenvalue weighted by Crippen LogP contribution is -2.11. The van der Waals surface area contributed by atoms with Gasteiger partial charge in [-0.1, -0.05) is 6.92 Å². The van der Waals surface area contributed by atoms with Gasteiger partial charge in [-0.05, 0) is 38.6 Å². The number of thiazole rings is 1. The molecule has 0 bridgehead atoms. The second kappa shape index (κ2) is 8.00. The van der Waals surface area contributed by atoms with Crippen molar-refractivity contribution in [2.24, 2.45) is 0 Å². The summed E-state index contributed by atoms with van der Waals surface area (Å²) < 4.78 is 11.2. The van der Waals surface area contributed by atoms with Crippen LogP contribution in [-0.2, 0) is 6.54 Å². The third-order valence-corrected chi connectivity index (χ3v) is 3.84. The van der Waals surface area contributed by atoms with Gasteiger partial charge in [-0.15, -0.1) is 11.3 Å². The summed E-state index contributed by atoms with van der Waals surface area (Å²) >= 11 is 1.65. The van der Waals surface area contributed by atoms with Crippen molar-refractivity contribution in [3.05, 3.63) is 29.3 Å². The van der Waals surface area contributed by atoms with Crippen LogP contribution in [0.1, 0.15) is 26.5 Å². The van der Waals surface area contributed by atoms with Gasteiger partial charge in [-0.3, -0.25) is 0 Å². The highest BCUT2D eigenvalue weighted by molar-refractivity contribution is 7.13. The Hall–Kier alpha value is -1.59. The number of hydrogen-bond donors (Lipinski definition) is 1. The summed E-state index contributed by atoms with van der Waals surface area (Å²) in [5.41, 5.74) is 2.14. The van der Waals surface area contributed by atoms with E-state index in [4.69, 9.17) is 9.47 Å². The van der Waals surface area contributed by atoms with E-state index in [1.165, 1.54) is 0 Å². The molecule has 0 aliphatic rings. The maximum absolute atomic E-state index is 5.66. The molecule has 1 aromatic heterocycles. The molecule has 21 heavy (non-hydrogen) atoms. The molecule has 114 valence electrons. The molecule has 0 amide bonds. The molecule has 5 heteroatoms. The molecule has 0 spiro atoms. The van der Waals surface area contributed by atoms with Crippen LogP contribution >= 0.6 is 11.3 Å². The number of ether oxygens (including phenoxy) is 2. The van der Waals surface area contributed by atoms with Crippen LogP contribution in [0, 0.1) is 0 Å². The fourth-order valence-electron chi connectivity index (χ4n) is 1.96. The highest BCUT2D eigenvalue weighted by Gasteiger charge is 2.10. The lowest BCUT2D eigenvalue weighted by atomic mass is 10.2. The first-order valence-corrected chi connectivity index (χ1v) is 8.21. The fraction of sp³-hybridized carbons (Fsp3) is 0.438. The zero-order chi connectivity index (χ0) is 15.1. The molecule has 1 aromatic carbocycles. The van der Waals surface area contributed by atoms with E-state index in [1.807, 2.05) is 32.0 Å². The zero-order valence-electron chi connectivity index (χ0n) is 12.8. The summed E-state index contributed by atoms with van der Waals surface area (Å²) in [4.78, 5) is 4.65. The van der Waals surface area contributed by atoms with E-state index in [1.54, 1.807) is 11.3 Å². The van der Waals surface area contributed by atoms with Crippen molar-refractivity contribution in [3.8, 4) is 22.1 Å². The summed E-state index contributed by atoms with van der Waals surface area (Å²) in [6.45, 7) is 9.04. The lowest BCUT2D eigenvalue weighted by Gasteiger charge is -2.11. The van der Waals surface area contributed by atoms with Crippen LogP contribution in [0.3, 0.4) is 0 Å². The van der Waals surface area contributed by atoms with E-state index in [9.17, 15) is 0 Å². The quantitative estimate of drug-likeness (QED) is 0.807. The average molecular weight is 306 g/mol. The summed E-state index contributed by atoms with van der Waals surface area (Å²) in [6, 6.07) is 5.99. The summed E-state index contributed by atoms with van der Waals surface area (Å²) in [5.74, 6) is 1.56. The lowest BCUT2D eigenvalue weighted by molar-refractivity contribution is 0.288. The molecule has 0 unspecified atom stereocenters. The molecule has 1 heterocycles. The maximum Gasteiger partial charge on any atom is 0.161 e. The molecular formula is C16H22N2O2S. The standard InChI is InChI=1S/C16H22N2O2S/c1-4-17-10-13-11-21-16(18-13)12-7-8-14(19-5-2)15(9-12)20-6-3/h7-9,11,17H,4-6,10H2,1-3H3. The Balaban J connectivity index is 2.22. The minimum absolute atomic E-state index is 0.618. The molecule has 0 saturated heterocycles. The van der Waals surface area contributed by atoms with E-state index in [2.05, 4.69) is 22.6 Å². The van der Waals surface area contributed by atoms with Crippen LogP contribution in [0.2, 0.25) is 0 Å². The zero-order valence-corrected chi connectivity index (χ0v) is 13.6. The Labute approximate surface area is 130 Å². The van der Waals surface area contributed by atoms with E-state index in [0.29, 0.717) is 13.2 Å². The third kappa shape index (κ3) is 4.19. The van der Waals surface area contributed by atoms with Crippen molar-refractivity contribution in [1.29, 1.82) is 0 Å².